The fourth-order valence-corrected chi connectivity index (χ4v) is 2.09. The topological polar surface area (TPSA) is 103 Å². The Hall–Kier alpha value is -3.16. The van der Waals surface area contributed by atoms with E-state index in [1.54, 1.807) is 33.1 Å². The third-order valence-corrected chi connectivity index (χ3v) is 3.34. The third kappa shape index (κ3) is 3.27. The Morgan fingerprint density at radius 3 is 2.79 bits per heavy atom. The Kier molecular flexibility index (Phi) is 4.28. The molecule has 8 nitrogen and oxygen atoms in total. The van der Waals surface area contributed by atoms with Gasteiger partial charge in [-0.3, -0.25) is 4.79 Å². The highest BCUT2D eigenvalue weighted by molar-refractivity contribution is 5.91. The summed E-state index contributed by atoms with van der Waals surface area (Å²) in [6.07, 6.45) is 0. The van der Waals surface area contributed by atoms with Crippen LogP contribution in [0.25, 0.3) is 11.4 Å². The van der Waals surface area contributed by atoms with Gasteiger partial charge in [-0.2, -0.15) is 4.98 Å². The van der Waals surface area contributed by atoms with Gasteiger partial charge in [0, 0.05) is 11.6 Å². The van der Waals surface area contributed by atoms with Crippen LogP contribution in [-0.4, -0.2) is 28.3 Å². The Bertz CT molecular complexity index is 855. The fraction of sp³-hybridized carbons (Fsp3) is 0.250. The molecule has 0 radical (unpaired) electrons. The number of hydrogen-bond donors (Lipinski definition) is 1. The molecule has 1 atom stereocenters. The van der Waals surface area contributed by atoms with E-state index < -0.39 is 11.9 Å². The number of ether oxygens (including phenoxy) is 1. The van der Waals surface area contributed by atoms with Gasteiger partial charge in [-0.15, -0.1) is 0 Å². The lowest BCUT2D eigenvalue weighted by Gasteiger charge is -2.07. The first-order chi connectivity index (χ1) is 11.6. The molecule has 1 aromatic carbocycles. The minimum atomic E-state index is -0.477. The second kappa shape index (κ2) is 6.53. The zero-order valence-electron chi connectivity index (χ0n) is 13.4. The van der Waals surface area contributed by atoms with Crippen molar-refractivity contribution in [3.05, 3.63) is 47.7 Å². The van der Waals surface area contributed by atoms with Gasteiger partial charge >= 0.3 is 0 Å². The molecule has 124 valence electrons. The van der Waals surface area contributed by atoms with Gasteiger partial charge in [0.15, 0.2) is 0 Å². The van der Waals surface area contributed by atoms with Crippen molar-refractivity contribution in [3.8, 4) is 17.1 Å². The van der Waals surface area contributed by atoms with Crippen molar-refractivity contribution in [1.82, 2.24) is 20.6 Å². The number of methoxy groups -OCH3 is 1. The number of aryl methyl sites for hydroxylation is 1. The van der Waals surface area contributed by atoms with Gasteiger partial charge in [-0.1, -0.05) is 22.4 Å². The molecule has 2 heterocycles. The van der Waals surface area contributed by atoms with E-state index in [9.17, 15) is 4.79 Å². The number of aromatic nitrogens is 3. The lowest BCUT2D eigenvalue weighted by Crippen LogP contribution is -2.26. The average Bonchev–Trinajstić information content (AvgIpc) is 3.24. The van der Waals surface area contributed by atoms with Crippen LogP contribution in [0.2, 0.25) is 0 Å². The molecule has 0 aliphatic heterocycles. The maximum atomic E-state index is 12.1. The maximum absolute atomic E-state index is 12.1. The molecule has 8 heteroatoms. The lowest BCUT2D eigenvalue weighted by molar-refractivity contribution is 0.0895. The number of nitrogens with one attached hydrogen (secondary N) is 1. The van der Waals surface area contributed by atoms with Crippen molar-refractivity contribution in [1.29, 1.82) is 0 Å². The summed E-state index contributed by atoms with van der Waals surface area (Å²) < 4.78 is 15.3. The van der Waals surface area contributed by atoms with Crippen molar-refractivity contribution in [2.45, 2.75) is 19.9 Å². The van der Waals surface area contributed by atoms with Crippen molar-refractivity contribution in [2.75, 3.05) is 7.11 Å². The van der Waals surface area contributed by atoms with Crippen LogP contribution in [0.5, 0.6) is 5.75 Å². The molecule has 0 aliphatic carbocycles. The van der Waals surface area contributed by atoms with Crippen LogP contribution in [0.15, 0.2) is 39.4 Å². The van der Waals surface area contributed by atoms with Gasteiger partial charge in [0.1, 0.15) is 11.8 Å². The molecular formula is C16H16N4O4. The number of nitrogens with zero attached hydrogens (tertiary/aromatic N) is 3. The first kappa shape index (κ1) is 15.7. The number of hydrogen-bond acceptors (Lipinski definition) is 7. The van der Waals surface area contributed by atoms with E-state index in [0.717, 1.165) is 5.56 Å². The van der Waals surface area contributed by atoms with Gasteiger partial charge in [0.2, 0.25) is 17.5 Å². The number of amides is 1. The normalized spacial score (nSPS) is 12.0. The lowest BCUT2D eigenvalue weighted by atomic mass is 10.2. The van der Waals surface area contributed by atoms with Gasteiger partial charge in [-0.25, -0.2) is 0 Å². The quantitative estimate of drug-likeness (QED) is 0.767. The fourth-order valence-electron chi connectivity index (χ4n) is 2.09. The van der Waals surface area contributed by atoms with Crippen LogP contribution in [-0.2, 0) is 0 Å². The molecule has 3 aromatic rings. The summed E-state index contributed by atoms with van der Waals surface area (Å²) in [4.78, 5) is 16.4. The summed E-state index contributed by atoms with van der Waals surface area (Å²) in [6, 6.07) is 8.38. The Labute approximate surface area is 137 Å². The summed E-state index contributed by atoms with van der Waals surface area (Å²) in [5, 5.41) is 10.3. The van der Waals surface area contributed by atoms with Crippen LogP contribution < -0.4 is 10.1 Å². The van der Waals surface area contributed by atoms with E-state index in [2.05, 4.69) is 20.6 Å². The molecular weight excluding hydrogens is 312 g/mol. The number of carbonyl (C=O) groups excluding carboxylic acids is 1. The third-order valence-electron chi connectivity index (χ3n) is 3.34. The van der Waals surface area contributed by atoms with E-state index in [-0.39, 0.29) is 11.7 Å². The van der Waals surface area contributed by atoms with Gasteiger partial charge in [-0.05, 0) is 26.0 Å². The predicted molar refractivity (Wildman–Crippen MR) is 83.4 cm³/mol. The van der Waals surface area contributed by atoms with E-state index in [1.807, 2.05) is 18.2 Å². The second-order valence-electron chi connectivity index (χ2n) is 5.22. The average molecular weight is 328 g/mol. The highest BCUT2D eigenvalue weighted by Crippen LogP contribution is 2.22. The largest absolute Gasteiger partial charge is 0.497 e. The van der Waals surface area contributed by atoms with Crippen molar-refractivity contribution >= 4 is 5.91 Å². The highest BCUT2D eigenvalue weighted by atomic mass is 16.5. The number of carbonyl (C=O) groups is 1. The summed E-state index contributed by atoms with van der Waals surface area (Å²) in [5.74, 6) is 1.13. The molecule has 0 saturated carbocycles. The molecule has 0 unspecified atom stereocenters. The summed E-state index contributed by atoms with van der Waals surface area (Å²) in [7, 11) is 1.59. The Morgan fingerprint density at radius 1 is 1.25 bits per heavy atom. The first-order valence-corrected chi connectivity index (χ1v) is 7.29. The van der Waals surface area contributed by atoms with Crippen LogP contribution in [0.4, 0.5) is 0 Å². The van der Waals surface area contributed by atoms with Gasteiger partial charge in [0.25, 0.3) is 5.91 Å². The molecule has 0 spiro atoms. The minimum absolute atomic E-state index is 0.131. The molecule has 1 N–H and O–H groups in total. The van der Waals surface area contributed by atoms with E-state index in [4.69, 9.17) is 13.8 Å². The predicted octanol–water partition coefficient (Wildman–Crippen LogP) is 2.53. The van der Waals surface area contributed by atoms with Crippen molar-refractivity contribution < 1.29 is 18.6 Å². The highest BCUT2D eigenvalue weighted by Gasteiger charge is 2.20. The van der Waals surface area contributed by atoms with Crippen LogP contribution in [0, 0.1) is 6.92 Å². The molecule has 0 saturated heterocycles. The summed E-state index contributed by atoms with van der Waals surface area (Å²) in [5.41, 5.74) is 1.39. The summed E-state index contributed by atoms with van der Waals surface area (Å²) >= 11 is 0. The number of rotatable bonds is 5. The second-order valence-corrected chi connectivity index (χ2v) is 5.22. The van der Waals surface area contributed by atoms with Crippen molar-refractivity contribution in [2.24, 2.45) is 0 Å². The van der Waals surface area contributed by atoms with Crippen LogP contribution in [0.3, 0.4) is 0 Å². The van der Waals surface area contributed by atoms with E-state index in [1.165, 1.54) is 0 Å². The van der Waals surface area contributed by atoms with Gasteiger partial charge < -0.3 is 19.1 Å². The van der Waals surface area contributed by atoms with Crippen LogP contribution >= 0.6 is 0 Å². The first-order valence-electron chi connectivity index (χ1n) is 7.29. The molecule has 2 aromatic heterocycles. The molecule has 24 heavy (non-hydrogen) atoms. The zero-order valence-corrected chi connectivity index (χ0v) is 13.4. The van der Waals surface area contributed by atoms with E-state index >= 15 is 0 Å². The van der Waals surface area contributed by atoms with Crippen molar-refractivity contribution in [3.63, 3.8) is 0 Å². The smallest absolute Gasteiger partial charge is 0.290 e. The standard InChI is InChI=1S/C16H16N4O4/c1-9-7-13(23-19-9)15(21)17-10(2)16-18-14(20-24-16)11-5-4-6-12(8-11)22-3/h4-8,10H,1-3H3,(H,17,21)/t10-/m0/s1. The van der Waals surface area contributed by atoms with Crippen LogP contribution in [0.1, 0.15) is 35.1 Å². The molecule has 3 rings (SSSR count). The Morgan fingerprint density at radius 2 is 2.08 bits per heavy atom. The summed E-state index contributed by atoms with van der Waals surface area (Å²) in [6.45, 7) is 3.48. The maximum Gasteiger partial charge on any atom is 0.290 e. The zero-order chi connectivity index (χ0) is 17.1. The SMILES string of the molecule is COc1cccc(-c2noc([C@H](C)NC(=O)c3cc(C)no3)n2)c1. The van der Waals surface area contributed by atoms with E-state index in [0.29, 0.717) is 17.3 Å². The monoisotopic (exact) mass is 328 g/mol. The molecule has 0 bridgehead atoms. The molecule has 1 amide bonds. The molecule has 0 aliphatic rings. The number of benzene rings is 1. The van der Waals surface area contributed by atoms with Gasteiger partial charge in [0.05, 0.1) is 12.8 Å². The molecule has 0 fully saturated rings. The minimum Gasteiger partial charge on any atom is -0.497 e. The Balaban J connectivity index is 1.73.